The summed E-state index contributed by atoms with van der Waals surface area (Å²) in [5.74, 6) is 0.606. The first-order valence-corrected chi connectivity index (χ1v) is 6.80. The second kappa shape index (κ2) is 9.37. The van der Waals surface area contributed by atoms with Crippen LogP contribution in [0.5, 0.6) is 0 Å². The number of halogens is 1. The van der Waals surface area contributed by atoms with Crippen molar-refractivity contribution in [2.45, 2.75) is 38.6 Å². The normalized spacial score (nSPS) is 15.5. The fourth-order valence-electron chi connectivity index (χ4n) is 1.95. The molecule has 1 fully saturated rings. The molecule has 0 spiro atoms. The van der Waals surface area contributed by atoms with Crippen molar-refractivity contribution in [1.82, 2.24) is 0 Å². The highest BCUT2D eigenvalue weighted by Crippen LogP contribution is 2.15. The third kappa shape index (κ3) is 6.06. The van der Waals surface area contributed by atoms with Crippen molar-refractivity contribution in [3.63, 3.8) is 0 Å². The van der Waals surface area contributed by atoms with E-state index in [9.17, 15) is 4.79 Å². The minimum Gasteiger partial charge on any atom is -1.00 e. The molecular weight excluding hydrogens is 278 g/mol. The highest BCUT2D eigenvalue weighted by Gasteiger charge is 2.09. The number of nitrogens with zero attached hydrogens (tertiary/aromatic N) is 1. The molecule has 1 aromatic heterocycles. The summed E-state index contributed by atoms with van der Waals surface area (Å²) < 4.78 is 12.4. The van der Waals surface area contributed by atoms with Crippen LogP contribution < -0.4 is 17.0 Å². The van der Waals surface area contributed by atoms with E-state index < -0.39 is 0 Å². The zero-order chi connectivity index (χ0) is 13.3. The maximum atomic E-state index is 11.5. The molecule has 4 nitrogen and oxygen atoms in total. The van der Waals surface area contributed by atoms with Crippen molar-refractivity contribution in [3.05, 3.63) is 42.6 Å². The molecule has 110 valence electrons. The Labute approximate surface area is 125 Å². The summed E-state index contributed by atoms with van der Waals surface area (Å²) in [4.78, 5) is 11.5. The van der Waals surface area contributed by atoms with Crippen LogP contribution in [0.4, 0.5) is 0 Å². The fourth-order valence-corrected chi connectivity index (χ4v) is 1.95. The van der Waals surface area contributed by atoms with E-state index >= 15 is 0 Å². The molecule has 0 unspecified atom stereocenters. The van der Waals surface area contributed by atoms with Crippen molar-refractivity contribution >= 4 is 5.97 Å². The van der Waals surface area contributed by atoms with E-state index in [1.807, 2.05) is 30.6 Å². The number of esters is 1. The van der Waals surface area contributed by atoms with Crippen LogP contribution in [0.15, 0.2) is 42.6 Å². The van der Waals surface area contributed by atoms with Gasteiger partial charge in [0, 0.05) is 31.4 Å². The highest BCUT2D eigenvalue weighted by atomic mass is 35.5. The Balaban J connectivity index is 0.00000200. The number of unbranched alkanes of at least 4 members (excludes halogenated alkanes) is 1. The van der Waals surface area contributed by atoms with Crippen LogP contribution in [0.3, 0.4) is 0 Å². The quantitative estimate of drug-likeness (QED) is 0.303. The molecule has 2 heterocycles. The van der Waals surface area contributed by atoms with Gasteiger partial charge < -0.3 is 21.9 Å². The Morgan fingerprint density at radius 1 is 1.30 bits per heavy atom. The van der Waals surface area contributed by atoms with Gasteiger partial charge in [-0.1, -0.05) is 6.07 Å². The predicted octanol–water partition coefficient (Wildman–Crippen LogP) is -0.657. The van der Waals surface area contributed by atoms with Gasteiger partial charge in [0.15, 0.2) is 12.4 Å². The summed E-state index contributed by atoms with van der Waals surface area (Å²) in [6, 6.07) is 6.00. The molecule has 0 atom stereocenters. The maximum absolute atomic E-state index is 11.5. The maximum Gasteiger partial charge on any atom is 0.310 e. The molecule has 1 aliphatic heterocycles. The Morgan fingerprint density at radius 2 is 2.10 bits per heavy atom. The molecule has 0 N–H and O–H groups in total. The molecule has 0 aromatic carbocycles. The van der Waals surface area contributed by atoms with Crippen molar-refractivity contribution in [1.29, 1.82) is 0 Å². The Bertz CT molecular complexity index is 426. The number of hydrogen-bond donors (Lipinski definition) is 0. The average molecular weight is 298 g/mol. The second-order valence-corrected chi connectivity index (χ2v) is 4.60. The van der Waals surface area contributed by atoms with Gasteiger partial charge in [0.2, 0.25) is 0 Å². The van der Waals surface area contributed by atoms with E-state index in [1.165, 1.54) is 6.26 Å². The van der Waals surface area contributed by atoms with Crippen LogP contribution in [-0.2, 0) is 20.8 Å². The van der Waals surface area contributed by atoms with E-state index in [4.69, 9.17) is 9.47 Å². The highest BCUT2D eigenvalue weighted by molar-refractivity contribution is 5.69. The van der Waals surface area contributed by atoms with Gasteiger partial charge >= 0.3 is 5.97 Å². The van der Waals surface area contributed by atoms with E-state index in [1.54, 1.807) is 0 Å². The van der Waals surface area contributed by atoms with Crippen LogP contribution in [0.25, 0.3) is 0 Å². The summed E-state index contributed by atoms with van der Waals surface area (Å²) in [5.41, 5.74) is 0. The van der Waals surface area contributed by atoms with Gasteiger partial charge in [-0.3, -0.25) is 4.79 Å². The molecule has 5 heteroatoms. The summed E-state index contributed by atoms with van der Waals surface area (Å²) in [7, 11) is 0. The third-order valence-corrected chi connectivity index (χ3v) is 3.00. The molecule has 1 aromatic rings. The number of rotatable bonds is 6. The summed E-state index contributed by atoms with van der Waals surface area (Å²) in [6.07, 6.45) is 9.66. The molecule has 2 rings (SSSR count). The molecule has 0 aliphatic carbocycles. The molecular formula is C15H20ClNO3. The lowest BCUT2D eigenvalue weighted by Crippen LogP contribution is -3.00. The van der Waals surface area contributed by atoms with Gasteiger partial charge in [0.25, 0.3) is 0 Å². The Hall–Kier alpha value is -1.55. The van der Waals surface area contributed by atoms with Gasteiger partial charge in [-0.05, 0) is 12.8 Å². The lowest BCUT2D eigenvalue weighted by molar-refractivity contribution is -0.697. The van der Waals surface area contributed by atoms with Gasteiger partial charge in [-0.15, -0.1) is 0 Å². The van der Waals surface area contributed by atoms with Crippen LogP contribution in [0.1, 0.15) is 32.1 Å². The van der Waals surface area contributed by atoms with E-state index in [0.29, 0.717) is 6.42 Å². The number of ether oxygens (including phenoxy) is 2. The summed E-state index contributed by atoms with van der Waals surface area (Å²) >= 11 is 0. The SMILES string of the molecule is O=C(CCCC[n+]1ccccc1)OC=C1CCCO1.[Cl-]. The van der Waals surface area contributed by atoms with Crippen LogP contribution in [0, 0.1) is 0 Å². The number of aryl methyl sites for hydroxylation is 1. The average Bonchev–Trinajstić information content (AvgIpc) is 2.96. The van der Waals surface area contributed by atoms with Crippen LogP contribution >= 0.6 is 0 Å². The number of carbonyl (C=O) groups is 1. The topological polar surface area (TPSA) is 39.4 Å². The van der Waals surface area contributed by atoms with E-state index in [0.717, 1.165) is 44.6 Å². The first-order chi connectivity index (χ1) is 9.34. The Kier molecular flexibility index (Phi) is 7.73. The fraction of sp³-hybridized carbons (Fsp3) is 0.467. The van der Waals surface area contributed by atoms with Crippen molar-refractivity contribution in [2.24, 2.45) is 0 Å². The minimum atomic E-state index is -0.180. The lowest BCUT2D eigenvalue weighted by atomic mass is 10.2. The largest absolute Gasteiger partial charge is 1.00 e. The monoisotopic (exact) mass is 297 g/mol. The molecule has 1 aliphatic rings. The van der Waals surface area contributed by atoms with Crippen molar-refractivity contribution < 1.29 is 31.2 Å². The van der Waals surface area contributed by atoms with Gasteiger partial charge in [0.1, 0.15) is 18.6 Å². The standard InChI is InChI=1S/C15H20NO3.ClH/c17-15(19-13-14-7-6-12-18-14)8-2-5-11-16-9-3-1-4-10-16;/h1,3-4,9-10,13H,2,5-8,11-12H2;1H/q+1;/p-1. The zero-order valence-corrected chi connectivity index (χ0v) is 12.2. The minimum absolute atomic E-state index is 0. The number of allylic oxidation sites excluding steroid dienone is 1. The first kappa shape index (κ1) is 16.5. The number of pyridine rings is 1. The molecule has 20 heavy (non-hydrogen) atoms. The van der Waals surface area contributed by atoms with Crippen molar-refractivity contribution in [3.8, 4) is 0 Å². The van der Waals surface area contributed by atoms with E-state index in [-0.39, 0.29) is 18.4 Å². The van der Waals surface area contributed by atoms with Crippen LogP contribution in [-0.4, -0.2) is 12.6 Å². The molecule has 0 saturated carbocycles. The Morgan fingerprint density at radius 3 is 2.80 bits per heavy atom. The summed E-state index contributed by atoms with van der Waals surface area (Å²) in [6.45, 7) is 1.66. The number of aromatic nitrogens is 1. The van der Waals surface area contributed by atoms with Gasteiger partial charge in [0.05, 0.1) is 6.61 Å². The second-order valence-electron chi connectivity index (χ2n) is 4.60. The van der Waals surface area contributed by atoms with E-state index in [2.05, 4.69) is 4.57 Å². The van der Waals surface area contributed by atoms with Crippen LogP contribution in [0.2, 0.25) is 0 Å². The molecule has 0 bridgehead atoms. The van der Waals surface area contributed by atoms with Gasteiger partial charge in [-0.25, -0.2) is 4.57 Å². The van der Waals surface area contributed by atoms with Gasteiger partial charge in [-0.2, -0.15) is 0 Å². The molecule has 0 amide bonds. The zero-order valence-electron chi connectivity index (χ0n) is 11.5. The number of hydrogen-bond acceptors (Lipinski definition) is 3. The molecule has 0 radical (unpaired) electrons. The number of carbonyl (C=O) groups excluding carboxylic acids is 1. The van der Waals surface area contributed by atoms with Crippen molar-refractivity contribution in [2.75, 3.05) is 6.61 Å². The molecule has 1 saturated heterocycles. The predicted molar refractivity (Wildman–Crippen MR) is 69.8 cm³/mol. The first-order valence-electron chi connectivity index (χ1n) is 6.80. The third-order valence-electron chi connectivity index (χ3n) is 3.00. The lowest BCUT2D eigenvalue weighted by Gasteiger charge is -2.01. The smallest absolute Gasteiger partial charge is 0.310 e. The summed E-state index contributed by atoms with van der Waals surface area (Å²) in [5, 5.41) is 0.